The summed E-state index contributed by atoms with van der Waals surface area (Å²) in [7, 11) is 0. The average Bonchev–Trinajstić information content (AvgIpc) is 3.34. The van der Waals surface area contributed by atoms with Gasteiger partial charge in [-0.3, -0.25) is 9.59 Å². The first-order valence-corrected chi connectivity index (χ1v) is 11.8. The molecular formula is C23H14Cl5F2N3O2. The Morgan fingerprint density at radius 1 is 0.886 bits per heavy atom. The molecule has 0 bridgehead atoms. The van der Waals surface area contributed by atoms with Crippen LogP contribution < -0.4 is 16.4 Å². The Morgan fingerprint density at radius 2 is 1.54 bits per heavy atom. The van der Waals surface area contributed by atoms with Crippen molar-refractivity contribution in [1.29, 1.82) is 0 Å². The molecule has 1 saturated carbocycles. The third-order valence-corrected chi connectivity index (χ3v) is 7.10. The molecule has 3 aromatic rings. The number of halogens is 7. The summed E-state index contributed by atoms with van der Waals surface area (Å²) in [4.78, 5) is 25.6. The second kappa shape index (κ2) is 9.64. The smallest absolute Gasteiger partial charge is 0.257 e. The summed E-state index contributed by atoms with van der Waals surface area (Å²) in [6, 6.07) is 10.4. The van der Waals surface area contributed by atoms with Gasteiger partial charge in [-0.25, -0.2) is 8.78 Å². The van der Waals surface area contributed by atoms with Crippen LogP contribution in [0.4, 0.5) is 25.8 Å². The highest BCUT2D eigenvalue weighted by atomic mass is 35.5. The Hall–Kier alpha value is -2.29. The summed E-state index contributed by atoms with van der Waals surface area (Å²) in [5.74, 6) is -4.70. The molecule has 4 N–H and O–H groups in total. The summed E-state index contributed by atoms with van der Waals surface area (Å²) in [5.41, 5.74) is 5.48. The maximum Gasteiger partial charge on any atom is 0.257 e. The van der Waals surface area contributed by atoms with E-state index in [1.54, 1.807) is 18.2 Å². The molecular weight excluding hydrogens is 566 g/mol. The molecule has 12 heteroatoms. The first kappa shape index (κ1) is 25.8. The SMILES string of the molecule is Nc1cc(NC(=O)c2cc(NC(=O)[C@H]3C(c4cc(Cl)cc(Cl)c4)C3(Cl)Cl)ccc2Cl)c(F)cc1F. The fourth-order valence-electron chi connectivity index (χ4n) is 3.67. The molecule has 2 atom stereocenters. The molecule has 1 aliphatic carbocycles. The highest BCUT2D eigenvalue weighted by Crippen LogP contribution is 2.65. The number of rotatable bonds is 5. The van der Waals surface area contributed by atoms with E-state index in [9.17, 15) is 18.4 Å². The number of benzene rings is 3. The Morgan fingerprint density at radius 3 is 2.20 bits per heavy atom. The van der Waals surface area contributed by atoms with Crippen LogP contribution in [0.3, 0.4) is 0 Å². The molecule has 182 valence electrons. The van der Waals surface area contributed by atoms with Crippen LogP contribution >= 0.6 is 58.0 Å². The first-order valence-electron chi connectivity index (χ1n) is 9.88. The minimum atomic E-state index is -1.40. The van der Waals surface area contributed by atoms with Gasteiger partial charge >= 0.3 is 0 Å². The summed E-state index contributed by atoms with van der Waals surface area (Å²) in [6.07, 6.45) is 0. The van der Waals surface area contributed by atoms with Crippen LogP contribution in [0.5, 0.6) is 0 Å². The number of carbonyl (C=O) groups excluding carboxylic acids is 2. The van der Waals surface area contributed by atoms with Gasteiger partial charge in [0.25, 0.3) is 5.91 Å². The number of hydrogen-bond donors (Lipinski definition) is 3. The molecule has 5 nitrogen and oxygen atoms in total. The molecule has 0 saturated heterocycles. The van der Waals surface area contributed by atoms with Gasteiger partial charge in [-0.2, -0.15) is 0 Å². The van der Waals surface area contributed by atoms with Gasteiger partial charge in [-0.15, -0.1) is 23.2 Å². The van der Waals surface area contributed by atoms with Crippen LogP contribution in [0, 0.1) is 17.6 Å². The topological polar surface area (TPSA) is 84.2 Å². The van der Waals surface area contributed by atoms with Crippen molar-refractivity contribution in [2.45, 2.75) is 10.3 Å². The number of alkyl halides is 2. The summed E-state index contributed by atoms with van der Waals surface area (Å²) in [5, 5.41) is 5.69. The molecule has 2 amide bonds. The monoisotopic (exact) mass is 577 g/mol. The Kier molecular flexibility index (Phi) is 7.10. The van der Waals surface area contributed by atoms with Crippen molar-refractivity contribution in [3.63, 3.8) is 0 Å². The number of amides is 2. The van der Waals surface area contributed by atoms with E-state index in [0.29, 0.717) is 21.7 Å². The number of anilines is 3. The van der Waals surface area contributed by atoms with Gasteiger partial charge in [-0.05, 0) is 48.0 Å². The van der Waals surface area contributed by atoms with Crippen molar-refractivity contribution >= 4 is 86.9 Å². The predicted octanol–water partition coefficient (Wildman–Crippen LogP) is 7.29. The maximum absolute atomic E-state index is 14.0. The number of nitrogen functional groups attached to an aromatic ring is 1. The first-order chi connectivity index (χ1) is 16.4. The lowest BCUT2D eigenvalue weighted by molar-refractivity contribution is -0.117. The molecule has 0 radical (unpaired) electrons. The van der Waals surface area contributed by atoms with E-state index in [0.717, 1.165) is 6.07 Å². The Labute approximate surface area is 223 Å². The van der Waals surface area contributed by atoms with Gasteiger partial charge in [0.05, 0.1) is 27.9 Å². The number of carbonyl (C=O) groups is 2. The molecule has 3 aromatic carbocycles. The minimum Gasteiger partial charge on any atom is -0.396 e. The molecule has 4 rings (SSSR count). The summed E-state index contributed by atoms with van der Waals surface area (Å²) in [6.45, 7) is 0. The fourth-order valence-corrected chi connectivity index (χ4v) is 5.25. The van der Waals surface area contributed by atoms with Gasteiger partial charge in [0, 0.05) is 27.7 Å². The predicted molar refractivity (Wildman–Crippen MR) is 136 cm³/mol. The van der Waals surface area contributed by atoms with Crippen molar-refractivity contribution in [2.24, 2.45) is 5.92 Å². The van der Waals surface area contributed by atoms with Gasteiger partial charge < -0.3 is 16.4 Å². The van der Waals surface area contributed by atoms with E-state index >= 15 is 0 Å². The Bertz CT molecular complexity index is 1350. The molecule has 0 aromatic heterocycles. The van der Waals surface area contributed by atoms with E-state index in [2.05, 4.69) is 10.6 Å². The second-order valence-electron chi connectivity index (χ2n) is 7.82. The van der Waals surface area contributed by atoms with Crippen molar-refractivity contribution in [2.75, 3.05) is 16.4 Å². The normalized spacial score (nSPS) is 18.1. The van der Waals surface area contributed by atoms with Crippen LogP contribution in [-0.4, -0.2) is 16.1 Å². The zero-order chi connectivity index (χ0) is 25.7. The second-order valence-corrected chi connectivity index (χ2v) is 10.5. The molecule has 0 aliphatic heterocycles. The zero-order valence-electron chi connectivity index (χ0n) is 17.3. The van der Waals surface area contributed by atoms with Gasteiger partial charge in [-0.1, -0.05) is 34.8 Å². The van der Waals surface area contributed by atoms with Crippen LogP contribution in [0.15, 0.2) is 48.5 Å². The van der Waals surface area contributed by atoms with E-state index in [1.807, 2.05) is 0 Å². The van der Waals surface area contributed by atoms with Crippen LogP contribution in [0.1, 0.15) is 21.8 Å². The standard InChI is InChI=1S/C23H14Cl5F2N3O2/c24-10-3-9(4-11(25)5-10)19-20(23(19,27)28)22(35)32-12-1-2-14(26)13(6-12)21(34)33-18-8-17(31)15(29)7-16(18)30/h1-8,19-20H,31H2,(H,32,35)(H,33,34)/t19?,20-/m1/s1. The highest BCUT2D eigenvalue weighted by Gasteiger charge is 2.67. The van der Waals surface area contributed by atoms with Crippen molar-refractivity contribution in [1.82, 2.24) is 0 Å². The largest absolute Gasteiger partial charge is 0.396 e. The van der Waals surface area contributed by atoms with Crippen LogP contribution in [-0.2, 0) is 4.79 Å². The van der Waals surface area contributed by atoms with Gasteiger partial charge in [0.15, 0.2) is 0 Å². The lowest BCUT2D eigenvalue weighted by atomic mass is 10.1. The molecule has 1 unspecified atom stereocenters. The number of hydrogen-bond acceptors (Lipinski definition) is 3. The average molecular weight is 580 g/mol. The number of nitrogens with one attached hydrogen (secondary N) is 2. The minimum absolute atomic E-state index is 0.0258. The molecule has 1 aliphatic rings. The maximum atomic E-state index is 14.0. The third-order valence-electron chi connectivity index (χ3n) is 5.39. The van der Waals surface area contributed by atoms with E-state index in [1.165, 1.54) is 18.2 Å². The van der Waals surface area contributed by atoms with Crippen molar-refractivity contribution in [3.8, 4) is 0 Å². The Balaban J connectivity index is 1.52. The fraction of sp³-hybridized carbons (Fsp3) is 0.130. The number of nitrogens with two attached hydrogens (primary N) is 1. The van der Waals surface area contributed by atoms with Gasteiger partial charge in [0.1, 0.15) is 16.0 Å². The van der Waals surface area contributed by atoms with Gasteiger partial charge in [0.2, 0.25) is 5.91 Å². The summed E-state index contributed by atoms with van der Waals surface area (Å²) < 4.78 is 26.0. The van der Waals surface area contributed by atoms with Crippen molar-refractivity contribution < 1.29 is 18.4 Å². The van der Waals surface area contributed by atoms with E-state index in [4.69, 9.17) is 63.7 Å². The molecule has 35 heavy (non-hydrogen) atoms. The molecule has 0 spiro atoms. The summed E-state index contributed by atoms with van der Waals surface area (Å²) >= 11 is 31.0. The van der Waals surface area contributed by atoms with E-state index in [-0.39, 0.29) is 27.6 Å². The third kappa shape index (κ3) is 5.29. The zero-order valence-corrected chi connectivity index (χ0v) is 21.1. The van der Waals surface area contributed by atoms with Crippen molar-refractivity contribution in [3.05, 3.63) is 86.4 Å². The van der Waals surface area contributed by atoms with Crippen LogP contribution in [0.2, 0.25) is 15.1 Å². The quantitative estimate of drug-likeness (QED) is 0.219. The lowest BCUT2D eigenvalue weighted by Gasteiger charge is -2.11. The van der Waals surface area contributed by atoms with E-state index < -0.39 is 39.6 Å². The van der Waals surface area contributed by atoms with Crippen LogP contribution in [0.25, 0.3) is 0 Å². The highest BCUT2D eigenvalue weighted by molar-refractivity contribution is 6.53. The lowest BCUT2D eigenvalue weighted by Crippen LogP contribution is -2.18. The molecule has 1 fully saturated rings. The molecule has 0 heterocycles.